The number of carboxylic acids is 2. The maximum atomic E-state index is 10.9. The van der Waals surface area contributed by atoms with E-state index in [1.807, 2.05) is 0 Å². The van der Waals surface area contributed by atoms with E-state index >= 15 is 0 Å². The summed E-state index contributed by atoms with van der Waals surface area (Å²) in [4.78, 5) is 21.2. The molecular weight excluding hydrogens is 368 g/mol. The highest BCUT2D eigenvalue weighted by Crippen LogP contribution is 2.43. The van der Waals surface area contributed by atoms with E-state index in [0.717, 1.165) is 11.3 Å². The van der Waals surface area contributed by atoms with Crippen LogP contribution >= 0.6 is 43.2 Å². The maximum absolute atomic E-state index is 10.9. The molecule has 0 aromatic carbocycles. The molecule has 0 spiro atoms. The monoisotopic (exact) mass is 372 g/mol. The highest BCUT2D eigenvalue weighted by Gasteiger charge is 2.21. The van der Waals surface area contributed by atoms with Gasteiger partial charge in [0.1, 0.15) is 0 Å². The Morgan fingerprint density at radius 3 is 2.44 bits per heavy atom. The van der Waals surface area contributed by atoms with Crippen molar-refractivity contribution in [3.8, 4) is 5.75 Å². The van der Waals surface area contributed by atoms with Crippen molar-refractivity contribution in [1.82, 2.24) is 0 Å². The van der Waals surface area contributed by atoms with Crippen LogP contribution < -0.4 is 4.74 Å². The van der Waals surface area contributed by atoms with E-state index in [0.29, 0.717) is 8.26 Å². The number of carboxylic acid groups (broad SMARTS) is 2. The molecule has 0 saturated carbocycles. The Labute approximate surface area is 111 Å². The van der Waals surface area contributed by atoms with Crippen LogP contribution in [0.2, 0.25) is 0 Å². The molecule has 0 bridgehead atoms. The average molecular weight is 374 g/mol. The summed E-state index contributed by atoms with van der Waals surface area (Å²) in [6, 6.07) is 0. The Morgan fingerprint density at radius 1 is 1.31 bits per heavy atom. The lowest BCUT2D eigenvalue weighted by molar-refractivity contribution is -0.137. The number of rotatable bonds is 5. The number of ether oxygens (including phenoxy) is 1. The molecule has 0 amide bonds. The lowest BCUT2D eigenvalue weighted by Gasteiger charge is -2.04. The smallest absolute Gasteiger partial charge is 0.349 e. The first-order chi connectivity index (χ1) is 7.43. The predicted octanol–water partition coefficient (Wildman–Crippen LogP) is 2.82. The van der Waals surface area contributed by atoms with Gasteiger partial charge in [0.05, 0.1) is 21.3 Å². The second-order valence-corrected chi connectivity index (χ2v) is 5.78. The Morgan fingerprint density at radius 2 is 1.94 bits per heavy atom. The number of halogens is 2. The van der Waals surface area contributed by atoms with Crippen LogP contribution in [0.3, 0.4) is 0 Å². The molecule has 2 N–H and O–H groups in total. The molecule has 0 aliphatic carbocycles. The SMILES string of the molecule is O=C(O)CCOc1c(C(=O)O)sc(Br)c1Br. The molecule has 0 radical (unpaired) electrons. The van der Waals surface area contributed by atoms with Crippen molar-refractivity contribution in [2.45, 2.75) is 6.42 Å². The van der Waals surface area contributed by atoms with E-state index in [1.54, 1.807) is 0 Å². The molecule has 16 heavy (non-hydrogen) atoms. The molecule has 5 nitrogen and oxygen atoms in total. The van der Waals surface area contributed by atoms with Gasteiger partial charge in [0.2, 0.25) is 0 Å². The number of aliphatic carboxylic acids is 1. The van der Waals surface area contributed by atoms with Crippen LogP contribution in [-0.4, -0.2) is 28.8 Å². The minimum Gasteiger partial charge on any atom is -0.490 e. The van der Waals surface area contributed by atoms with Crippen molar-refractivity contribution >= 4 is 55.1 Å². The minimum absolute atomic E-state index is 0.0316. The van der Waals surface area contributed by atoms with Crippen LogP contribution in [0, 0.1) is 0 Å². The topological polar surface area (TPSA) is 83.8 Å². The summed E-state index contributed by atoms with van der Waals surface area (Å²) >= 11 is 7.34. The molecule has 0 saturated heterocycles. The molecule has 88 valence electrons. The van der Waals surface area contributed by atoms with E-state index in [-0.39, 0.29) is 23.7 Å². The Kier molecular flexibility index (Phi) is 4.75. The summed E-state index contributed by atoms with van der Waals surface area (Å²) in [5.74, 6) is -1.95. The van der Waals surface area contributed by atoms with E-state index in [2.05, 4.69) is 31.9 Å². The van der Waals surface area contributed by atoms with E-state index < -0.39 is 11.9 Å². The lowest BCUT2D eigenvalue weighted by atomic mass is 10.4. The van der Waals surface area contributed by atoms with Gasteiger partial charge in [0, 0.05) is 0 Å². The maximum Gasteiger partial charge on any atom is 0.349 e. The van der Waals surface area contributed by atoms with Crippen molar-refractivity contribution in [2.24, 2.45) is 0 Å². The Hall–Kier alpha value is -0.600. The zero-order chi connectivity index (χ0) is 12.3. The van der Waals surface area contributed by atoms with E-state index in [9.17, 15) is 9.59 Å². The molecule has 0 atom stereocenters. The number of thiophene rings is 1. The Bertz CT molecular complexity index is 428. The molecule has 0 unspecified atom stereocenters. The minimum atomic E-state index is -1.11. The fraction of sp³-hybridized carbons (Fsp3) is 0.250. The third-order valence-corrected chi connectivity index (χ3v) is 4.91. The second-order valence-electron chi connectivity index (χ2n) is 2.65. The first-order valence-electron chi connectivity index (χ1n) is 3.99. The van der Waals surface area contributed by atoms with Gasteiger partial charge in [-0.1, -0.05) is 0 Å². The molecule has 0 aliphatic rings. The van der Waals surface area contributed by atoms with Crippen LogP contribution in [0.4, 0.5) is 0 Å². The van der Waals surface area contributed by atoms with Crippen molar-refractivity contribution in [1.29, 1.82) is 0 Å². The van der Waals surface area contributed by atoms with Gasteiger partial charge < -0.3 is 14.9 Å². The molecule has 1 aromatic heterocycles. The fourth-order valence-corrected chi connectivity index (χ4v) is 2.93. The number of hydrogen-bond acceptors (Lipinski definition) is 4. The second kappa shape index (κ2) is 5.65. The highest BCUT2D eigenvalue weighted by atomic mass is 79.9. The first kappa shape index (κ1) is 13.5. The Balaban J connectivity index is 2.85. The highest BCUT2D eigenvalue weighted by molar-refractivity contribution is 9.13. The summed E-state index contributed by atoms with van der Waals surface area (Å²) in [5, 5.41) is 17.3. The van der Waals surface area contributed by atoms with Gasteiger partial charge in [0.25, 0.3) is 0 Å². The fourth-order valence-electron chi connectivity index (χ4n) is 0.880. The lowest BCUT2D eigenvalue weighted by Crippen LogP contribution is -2.06. The van der Waals surface area contributed by atoms with Crippen LogP contribution in [0.5, 0.6) is 5.75 Å². The van der Waals surface area contributed by atoms with Gasteiger partial charge >= 0.3 is 11.9 Å². The molecule has 0 aliphatic heterocycles. The summed E-state index contributed by atoms with van der Waals surface area (Å²) in [6.45, 7) is -0.0720. The van der Waals surface area contributed by atoms with Gasteiger partial charge in [-0.05, 0) is 31.9 Å². The summed E-state index contributed by atoms with van der Waals surface area (Å²) < 4.78 is 6.21. The normalized spacial score (nSPS) is 10.1. The standard InChI is InChI=1S/C8H6Br2O5S/c9-4-5(15-2-1-3(11)12)6(8(13)14)16-7(4)10/h1-2H2,(H,11,12)(H,13,14). The zero-order valence-corrected chi connectivity index (χ0v) is 11.7. The third kappa shape index (κ3) is 3.19. The number of carbonyl (C=O) groups is 2. The van der Waals surface area contributed by atoms with Gasteiger partial charge in [0.15, 0.2) is 10.6 Å². The van der Waals surface area contributed by atoms with Crippen LogP contribution in [0.25, 0.3) is 0 Å². The van der Waals surface area contributed by atoms with Crippen LogP contribution in [0.1, 0.15) is 16.1 Å². The predicted molar refractivity (Wildman–Crippen MR) is 64.4 cm³/mol. The number of aromatic carboxylic acids is 1. The van der Waals surface area contributed by atoms with Gasteiger partial charge in [-0.15, -0.1) is 11.3 Å². The molecule has 0 fully saturated rings. The summed E-state index contributed by atoms with van der Waals surface area (Å²) in [6.07, 6.45) is -0.182. The molecule has 1 aromatic rings. The number of hydrogen-bond donors (Lipinski definition) is 2. The largest absolute Gasteiger partial charge is 0.490 e. The van der Waals surface area contributed by atoms with Crippen LogP contribution in [0.15, 0.2) is 8.26 Å². The summed E-state index contributed by atoms with van der Waals surface area (Å²) in [5.41, 5.74) is 0. The van der Waals surface area contributed by atoms with E-state index in [4.69, 9.17) is 14.9 Å². The third-order valence-electron chi connectivity index (χ3n) is 1.53. The first-order valence-corrected chi connectivity index (χ1v) is 6.39. The van der Waals surface area contributed by atoms with E-state index in [1.165, 1.54) is 0 Å². The summed E-state index contributed by atoms with van der Waals surface area (Å²) in [7, 11) is 0. The molecular formula is C8H6Br2O5S. The van der Waals surface area contributed by atoms with Crippen molar-refractivity contribution in [2.75, 3.05) is 6.61 Å². The van der Waals surface area contributed by atoms with Crippen molar-refractivity contribution in [3.63, 3.8) is 0 Å². The van der Waals surface area contributed by atoms with Crippen molar-refractivity contribution in [3.05, 3.63) is 13.1 Å². The van der Waals surface area contributed by atoms with Gasteiger partial charge in [-0.25, -0.2) is 4.79 Å². The van der Waals surface area contributed by atoms with Crippen molar-refractivity contribution < 1.29 is 24.5 Å². The molecule has 8 heteroatoms. The van der Waals surface area contributed by atoms with Gasteiger partial charge in [-0.3, -0.25) is 4.79 Å². The van der Waals surface area contributed by atoms with Crippen LogP contribution in [-0.2, 0) is 4.79 Å². The average Bonchev–Trinajstić information content (AvgIpc) is 2.45. The molecule has 1 rings (SSSR count). The quantitative estimate of drug-likeness (QED) is 0.829. The van der Waals surface area contributed by atoms with Gasteiger partial charge in [-0.2, -0.15) is 0 Å². The zero-order valence-electron chi connectivity index (χ0n) is 7.70. The molecule has 1 heterocycles.